The lowest BCUT2D eigenvalue weighted by Crippen LogP contribution is -2.38. The maximum absolute atomic E-state index is 13.5. The number of hydrogen-bond donors (Lipinski definition) is 1. The number of hydrogen-bond acceptors (Lipinski definition) is 6. The molecule has 0 radical (unpaired) electrons. The summed E-state index contributed by atoms with van der Waals surface area (Å²) in [6, 6.07) is 4.44. The van der Waals surface area contributed by atoms with E-state index in [-0.39, 0.29) is 22.0 Å². The third-order valence-electron chi connectivity index (χ3n) is 6.42. The van der Waals surface area contributed by atoms with Crippen LogP contribution in [0.3, 0.4) is 0 Å². The lowest BCUT2D eigenvalue weighted by Gasteiger charge is -2.33. The fourth-order valence-corrected chi connectivity index (χ4v) is 8.11. The van der Waals surface area contributed by atoms with Gasteiger partial charge in [0.25, 0.3) is 5.91 Å². The van der Waals surface area contributed by atoms with Gasteiger partial charge in [0, 0.05) is 37.8 Å². The summed E-state index contributed by atoms with van der Waals surface area (Å²) in [7, 11) is -6.84. The van der Waals surface area contributed by atoms with Crippen LogP contribution in [0.4, 0.5) is 5.69 Å². The topological polar surface area (TPSA) is 104 Å². The number of carbonyl (C=O) groups excluding carboxylic acids is 1. The smallest absolute Gasteiger partial charge is 0.251 e. The van der Waals surface area contributed by atoms with Gasteiger partial charge in [-0.15, -0.1) is 0 Å². The minimum atomic E-state index is -3.73. The fourth-order valence-electron chi connectivity index (χ4n) is 4.68. The first-order valence-corrected chi connectivity index (χ1v) is 14.4. The maximum atomic E-state index is 13.5. The van der Waals surface area contributed by atoms with Gasteiger partial charge in [0.1, 0.15) is 4.90 Å². The molecule has 172 valence electrons. The van der Waals surface area contributed by atoms with Gasteiger partial charge >= 0.3 is 0 Å². The number of benzene rings is 1. The summed E-state index contributed by atoms with van der Waals surface area (Å²) in [5.74, 6) is -0.424. The Balaban J connectivity index is 1.65. The number of carbonyl (C=O) groups is 1. The standard InChI is InChI=1S/C21H31N3O5S2/c25-21(22-18-9-14-30(26,27)16-18)17-7-8-19(23-10-3-1-4-11-23)20(15-17)31(28,29)24-12-5-2-6-13-24/h7-8,15,18H,1-6,9-14,16H2,(H,22,25)/t18-/m1/s1. The Bertz CT molecular complexity index is 1030. The van der Waals surface area contributed by atoms with Gasteiger partial charge in [-0.05, 0) is 56.7 Å². The third-order valence-corrected chi connectivity index (χ3v) is 10.1. The second-order valence-corrected chi connectivity index (χ2v) is 12.9. The van der Waals surface area contributed by atoms with Crippen molar-refractivity contribution in [3.8, 4) is 0 Å². The molecular weight excluding hydrogens is 438 g/mol. The molecule has 1 amide bonds. The van der Waals surface area contributed by atoms with Gasteiger partial charge < -0.3 is 10.2 Å². The number of nitrogens with zero attached hydrogens (tertiary/aromatic N) is 2. The van der Waals surface area contributed by atoms with Gasteiger partial charge in [0.2, 0.25) is 10.0 Å². The number of piperidine rings is 2. The van der Waals surface area contributed by atoms with Crippen LogP contribution in [0.2, 0.25) is 0 Å². The number of sulfonamides is 1. The van der Waals surface area contributed by atoms with Gasteiger partial charge in [0.05, 0.1) is 17.2 Å². The molecule has 8 nitrogen and oxygen atoms in total. The zero-order valence-electron chi connectivity index (χ0n) is 17.8. The van der Waals surface area contributed by atoms with Crippen LogP contribution in [0.1, 0.15) is 55.3 Å². The van der Waals surface area contributed by atoms with E-state index in [1.807, 2.05) is 0 Å². The average Bonchev–Trinajstić information content (AvgIpc) is 3.12. The highest BCUT2D eigenvalue weighted by molar-refractivity contribution is 7.91. The van der Waals surface area contributed by atoms with Crippen molar-refractivity contribution in [3.63, 3.8) is 0 Å². The van der Waals surface area contributed by atoms with Gasteiger partial charge in [-0.3, -0.25) is 4.79 Å². The average molecular weight is 470 g/mol. The highest BCUT2D eigenvalue weighted by Crippen LogP contribution is 2.32. The van der Waals surface area contributed by atoms with E-state index in [4.69, 9.17) is 0 Å². The zero-order chi connectivity index (χ0) is 22.1. The van der Waals surface area contributed by atoms with Crippen LogP contribution in [-0.2, 0) is 19.9 Å². The molecule has 3 aliphatic heterocycles. The zero-order valence-corrected chi connectivity index (χ0v) is 19.4. The monoisotopic (exact) mass is 469 g/mol. The molecule has 3 saturated heterocycles. The lowest BCUT2D eigenvalue weighted by molar-refractivity contribution is 0.0941. The predicted octanol–water partition coefficient (Wildman–Crippen LogP) is 1.77. The molecule has 1 atom stereocenters. The number of amides is 1. The molecule has 0 unspecified atom stereocenters. The van der Waals surface area contributed by atoms with Gasteiger partial charge in [0.15, 0.2) is 9.84 Å². The molecule has 4 rings (SSSR count). The Morgan fingerprint density at radius 1 is 0.968 bits per heavy atom. The van der Waals surface area contributed by atoms with Crippen molar-refractivity contribution in [1.82, 2.24) is 9.62 Å². The van der Waals surface area contributed by atoms with E-state index in [0.29, 0.717) is 25.2 Å². The van der Waals surface area contributed by atoms with E-state index in [1.54, 1.807) is 12.1 Å². The summed E-state index contributed by atoms with van der Waals surface area (Å²) >= 11 is 0. The first-order valence-electron chi connectivity index (χ1n) is 11.2. The largest absolute Gasteiger partial charge is 0.370 e. The van der Waals surface area contributed by atoms with Crippen LogP contribution < -0.4 is 10.2 Å². The minimum Gasteiger partial charge on any atom is -0.370 e. The molecule has 0 saturated carbocycles. The molecule has 1 aromatic carbocycles. The van der Waals surface area contributed by atoms with Crippen molar-refractivity contribution in [2.45, 2.75) is 55.9 Å². The molecule has 3 aliphatic rings. The number of rotatable bonds is 5. The van der Waals surface area contributed by atoms with Crippen molar-refractivity contribution in [1.29, 1.82) is 0 Å². The Labute approximate surface area is 185 Å². The molecule has 3 fully saturated rings. The van der Waals surface area contributed by atoms with E-state index < -0.39 is 31.8 Å². The summed E-state index contributed by atoms with van der Waals surface area (Å²) in [5.41, 5.74) is 0.908. The second-order valence-electron chi connectivity index (χ2n) is 8.77. The predicted molar refractivity (Wildman–Crippen MR) is 120 cm³/mol. The number of nitrogens with one attached hydrogen (secondary N) is 1. The Morgan fingerprint density at radius 3 is 2.23 bits per heavy atom. The summed E-state index contributed by atoms with van der Waals surface area (Å²) in [6.45, 7) is 2.60. The molecule has 31 heavy (non-hydrogen) atoms. The number of sulfone groups is 1. The van der Waals surface area contributed by atoms with Gasteiger partial charge in [-0.25, -0.2) is 16.8 Å². The van der Waals surface area contributed by atoms with Crippen molar-refractivity contribution >= 4 is 31.5 Å². The summed E-state index contributed by atoms with van der Waals surface area (Å²) in [5, 5.41) is 2.77. The molecular formula is C21H31N3O5S2. The molecule has 10 heteroatoms. The normalized spacial score (nSPS) is 24.8. The van der Waals surface area contributed by atoms with E-state index in [9.17, 15) is 21.6 Å². The van der Waals surface area contributed by atoms with Crippen LogP contribution in [0.15, 0.2) is 23.1 Å². The molecule has 3 heterocycles. The maximum Gasteiger partial charge on any atom is 0.251 e. The van der Waals surface area contributed by atoms with Crippen LogP contribution in [0.5, 0.6) is 0 Å². The van der Waals surface area contributed by atoms with Gasteiger partial charge in [-0.1, -0.05) is 6.42 Å². The van der Waals surface area contributed by atoms with Crippen LogP contribution >= 0.6 is 0 Å². The van der Waals surface area contributed by atoms with Crippen LogP contribution in [-0.4, -0.2) is 70.8 Å². The summed E-state index contributed by atoms with van der Waals surface area (Å²) in [6.07, 6.45) is 6.26. The molecule has 0 aromatic heterocycles. The van der Waals surface area contributed by atoms with Crippen molar-refractivity contribution in [3.05, 3.63) is 23.8 Å². The Kier molecular flexibility index (Phi) is 6.60. The molecule has 0 spiro atoms. The van der Waals surface area contributed by atoms with E-state index in [2.05, 4.69) is 10.2 Å². The van der Waals surface area contributed by atoms with Crippen molar-refractivity contribution in [2.75, 3.05) is 42.6 Å². The molecule has 0 bridgehead atoms. The first-order chi connectivity index (χ1) is 14.8. The Hall–Kier alpha value is -1.65. The van der Waals surface area contributed by atoms with Crippen LogP contribution in [0, 0.1) is 0 Å². The molecule has 1 N–H and O–H groups in total. The van der Waals surface area contributed by atoms with Crippen LogP contribution in [0.25, 0.3) is 0 Å². The summed E-state index contributed by atoms with van der Waals surface area (Å²) < 4.78 is 52.0. The number of anilines is 1. The second kappa shape index (κ2) is 9.07. The fraction of sp³-hybridized carbons (Fsp3) is 0.667. The first kappa shape index (κ1) is 22.5. The van der Waals surface area contributed by atoms with Crippen molar-refractivity contribution < 1.29 is 21.6 Å². The van der Waals surface area contributed by atoms with E-state index in [0.717, 1.165) is 51.6 Å². The minimum absolute atomic E-state index is 0.0659. The SMILES string of the molecule is O=C(N[C@@H]1CCS(=O)(=O)C1)c1ccc(N2CCCCC2)c(S(=O)(=O)N2CCCCC2)c1. The quantitative estimate of drug-likeness (QED) is 0.705. The van der Waals surface area contributed by atoms with Crippen molar-refractivity contribution in [2.24, 2.45) is 0 Å². The van der Waals surface area contributed by atoms with E-state index >= 15 is 0 Å². The van der Waals surface area contributed by atoms with E-state index in [1.165, 1.54) is 10.4 Å². The Morgan fingerprint density at radius 2 is 1.61 bits per heavy atom. The highest BCUT2D eigenvalue weighted by Gasteiger charge is 2.32. The molecule has 0 aliphatic carbocycles. The third kappa shape index (κ3) is 5.06. The molecule has 1 aromatic rings. The summed E-state index contributed by atoms with van der Waals surface area (Å²) in [4.78, 5) is 15.1. The van der Waals surface area contributed by atoms with Gasteiger partial charge in [-0.2, -0.15) is 4.31 Å². The lowest BCUT2D eigenvalue weighted by atomic mass is 10.1. The highest BCUT2D eigenvalue weighted by atomic mass is 32.2.